The molecule has 0 fully saturated rings. The molecule has 1 aromatic rings. The van der Waals surface area contributed by atoms with Crippen LogP contribution in [0.15, 0.2) is 41.8 Å². The Labute approximate surface area is 111 Å². The van der Waals surface area contributed by atoms with Crippen molar-refractivity contribution in [1.82, 2.24) is 4.90 Å². The first-order valence-electron chi connectivity index (χ1n) is 6.00. The lowest BCUT2D eigenvalue weighted by atomic mass is 10.00. The summed E-state index contributed by atoms with van der Waals surface area (Å²) >= 11 is 1.72. The Hall–Kier alpha value is -1.26. The van der Waals surface area contributed by atoms with Crippen LogP contribution in [0.3, 0.4) is 0 Å². The van der Waals surface area contributed by atoms with Gasteiger partial charge in [0.15, 0.2) is 0 Å². The average Bonchev–Trinajstić information content (AvgIpc) is 2.81. The Kier molecular flexibility index (Phi) is 4.44. The van der Waals surface area contributed by atoms with Crippen LogP contribution in [-0.4, -0.2) is 41.4 Å². The lowest BCUT2D eigenvalue weighted by Gasteiger charge is -2.23. The fourth-order valence-electron chi connectivity index (χ4n) is 2.16. The number of carbonyl (C=O) groups is 1. The highest BCUT2D eigenvalue weighted by molar-refractivity contribution is 7.99. The fraction of sp³-hybridized carbons (Fsp3) is 0.357. The third-order valence-corrected chi connectivity index (χ3v) is 4.21. The summed E-state index contributed by atoms with van der Waals surface area (Å²) in [5.41, 5.74) is 1.11. The van der Waals surface area contributed by atoms with Crippen LogP contribution in [0.5, 0.6) is 0 Å². The molecule has 0 aliphatic carbocycles. The zero-order valence-corrected chi connectivity index (χ0v) is 11.0. The molecule has 1 aromatic carbocycles. The number of carbonyl (C=O) groups excluding carboxylic acids is 1. The van der Waals surface area contributed by atoms with Crippen molar-refractivity contribution < 1.29 is 9.90 Å². The van der Waals surface area contributed by atoms with Crippen LogP contribution >= 0.6 is 11.8 Å². The average molecular weight is 263 g/mol. The molecule has 4 heteroatoms. The standard InChI is InChI=1S/C14H17NO2S/c1-2-7-15(8-9-16)14(17)12-10-18-13-6-4-3-5-11(12)13/h2-6,12,16H,1,7-10H2. The van der Waals surface area contributed by atoms with E-state index in [1.807, 2.05) is 18.2 Å². The van der Waals surface area contributed by atoms with E-state index in [9.17, 15) is 4.79 Å². The summed E-state index contributed by atoms with van der Waals surface area (Å²) in [4.78, 5) is 15.3. The van der Waals surface area contributed by atoms with Crippen molar-refractivity contribution in [2.45, 2.75) is 10.8 Å². The third kappa shape index (κ3) is 2.60. The smallest absolute Gasteiger partial charge is 0.231 e. The Morgan fingerprint density at radius 3 is 3.06 bits per heavy atom. The third-order valence-electron chi connectivity index (χ3n) is 3.03. The van der Waals surface area contributed by atoms with E-state index in [-0.39, 0.29) is 18.4 Å². The molecule has 0 radical (unpaired) electrons. The van der Waals surface area contributed by atoms with Crippen LogP contribution in [0, 0.1) is 0 Å². The molecule has 0 spiro atoms. The molecule has 0 saturated heterocycles. The van der Waals surface area contributed by atoms with E-state index in [1.54, 1.807) is 22.7 Å². The lowest BCUT2D eigenvalue weighted by Crippen LogP contribution is -2.37. The van der Waals surface area contributed by atoms with Crippen LogP contribution in [0.2, 0.25) is 0 Å². The molecule has 1 heterocycles. The molecule has 1 unspecified atom stereocenters. The zero-order valence-electron chi connectivity index (χ0n) is 10.2. The molecule has 1 amide bonds. The molecule has 0 saturated carbocycles. The molecule has 1 aliphatic heterocycles. The van der Waals surface area contributed by atoms with Gasteiger partial charge >= 0.3 is 0 Å². The van der Waals surface area contributed by atoms with Crippen molar-refractivity contribution >= 4 is 17.7 Å². The minimum absolute atomic E-state index is 0.0128. The lowest BCUT2D eigenvalue weighted by molar-refractivity contribution is -0.132. The molecule has 1 N–H and O–H groups in total. The summed E-state index contributed by atoms with van der Waals surface area (Å²) in [5.74, 6) is 0.788. The van der Waals surface area contributed by atoms with E-state index in [1.165, 1.54) is 4.90 Å². The maximum absolute atomic E-state index is 12.4. The molecule has 2 rings (SSSR count). The predicted octanol–water partition coefficient (Wildman–Crippen LogP) is 1.88. The van der Waals surface area contributed by atoms with Gasteiger partial charge in [-0.2, -0.15) is 0 Å². The number of benzene rings is 1. The number of rotatable bonds is 5. The van der Waals surface area contributed by atoms with Gasteiger partial charge in [0, 0.05) is 23.7 Å². The zero-order chi connectivity index (χ0) is 13.0. The minimum Gasteiger partial charge on any atom is -0.395 e. The van der Waals surface area contributed by atoms with Gasteiger partial charge in [-0.1, -0.05) is 24.3 Å². The first kappa shape index (κ1) is 13.2. The van der Waals surface area contributed by atoms with Crippen LogP contribution in [0.4, 0.5) is 0 Å². The number of fused-ring (bicyclic) bond motifs is 1. The van der Waals surface area contributed by atoms with E-state index >= 15 is 0 Å². The minimum atomic E-state index is -0.0855. The van der Waals surface area contributed by atoms with E-state index in [0.717, 1.165) is 11.3 Å². The van der Waals surface area contributed by atoms with E-state index in [2.05, 4.69) is 12.6 Å². The SMILES string of the molecule is C=CCN(CCO)C(=O)C1CSc2ccccc21. The van der Waals surface area contributed by atoms with Gasteiger partial charge in [-0.3, -0.25) is 4.79 Å². The summed E-state index contributed by atoms with van der Waals surface area (Å²) in [6.45, 7) is 4.50. The normalized spacial score (nSPS) is 17.3. The van der Waals surface area contributed by atoms with Crippen molar-refractivity contribution in [3.05, 3.63) is 42.5 Å². The number of amides is 1. The summed E-state index contributed by atoms with van der Waals surface area (Å²) in [6.07, 6.45) is 1.70. The monoisotopic (exact) mass is 263 g/mol. The fourth-order valence-corrected chi connectivity index (χ4v) is 3.38. The predicted molar refractivity (Wildman–Crippen MR) is 73.8 cm³/mol. The Bertz CT molecular complexity index is 447. The maximum Gasteiger partial charge on any atom is 0.231 e. The van der Waals surface area contributed by atoms with Gasteiger partial charge in [0.2, 0.25) is 5.91 Å². The van der Waals surface area contributed by atoms with E-state index < -0.39 is 0 Å². The second-order valence-corrected chi connectivity index (χ2v) is 5.26. The van der Waals surface area contributed by atoms with Crippen molar-refractivity contribution in [2.24, 2.45) is 0 Å². The molecular weight excluding hydrogens is 246 g/mol. The quantitative estimate of drug-likeness (QED) is 0.825. The molecule has 0 aromatic heterocycles. The van der Waals surface area contributed by atoms with Gasteiger partial charge in [-0.05, 0) is 11.6 Å². The van der Waals surface area contributed by atoms with Gasteiger partial charge in [0.1, 0.15) is 0 Å². The van der Waals surface area contributed by atoms with E-state index in [4.69, 9.17) is 5.11 Å². The highest BCUT2D eigenvalue weighted by Gasteiger charge is 2.31. The molecule has 1 atom stereocenters. The van der Waals surface area contributed by atoms with Crippen molar-refractivity contribution in [1.29, 1.82) is 0 Å². The van der Waals surface area contributed by atoms with Crippen LogP contribution in [-0.2, 0) is 4.79 Å². The maximum atomic E-state index is 12.4. The molecular formula is C14H17NO2S. The topological polar surface area (TPSA) is 40.5 Å². The molecule has 18 heavy (non-hydrogen) atoms. The van der Waals surface area contributed by atoms with Gasteiger partial charge in [0.25, 0.3) is 0 Å². The molecule has 1 aliphatic rings. The number of aliphatic hydroxyl groups excluding tert-OH is 1. The first-order chi connectivity index (χ1) is 8.77. The number of hydrogen-bond acceptors (Lipinski definition) is 3. The van der Waals surface area contributed by atoms with Crippen LogP contribution < -0.4 is 0 Å². The highest BCUT2D eigenvalue weighted by atomic mass is 32.2. The van der Waals surface area contributed by atoms with Crippen molar-refractivity contribution in [3.8, 4) is 0 Å². The van der Waals surface area contributed by atoms with E-state index in [0.29, 0.717) is 13.1 Å². The van der Waals surface area contributed by atoms with Gasteiger partial charge in [-0.25, -0.2) is 0 Å². The number of hydrogen-bond donors (Lipinski definition) is 1. The summed E-state index contributed by atoms with van der Waals surface area (Å²) < 4.78 is 0. The molecule has 96 valence electrons. The summed E-state index contributed by atoms with van der Waals surface area (Å²) in [6, 6.07) is 8.03. The Morgan fingerprint density at radius 2 is 2.33 bits per heavy atom. The largest absolute Gasteiger partial charge is 0.395 e. The van der Waals surface area contributed by atoms with Gasteiger partial charge in [-0.15, -0.1) is 18.3 Å². The first-order valence-corrected chi connectivity index (χ1v) is 6.98. The summed E-state index contributed by atoms with van der Waals surface area (Å²) in [5, 5.41) is 9.02. The molecule has 0 bridgehead atoms. The number of thioether (sulfide) groups is 1. The van der Waals surface area contributed by atoms with Gasteiger partial charge in [0.05, 0.1) is 12.5 Å². The Balaban J connectivity index is 2.16. The second-order valence-electron chi connectivity index (χ2n) is 4.20. The van der Waals surface area contributed by atoms with Gasteiger partial charge < -0.3 is 10.0 Å². The number of nitrogens with zero attached hydrogens (tertiary/aromatic N) is 1. The highest BCUT2D eigenvalue weighted by Crippen LogP contribution is 2.40. The Morgan fingerprint density at radius 1 is 1.56 bits per heavy atom. The van der Waals surface area contributed by atoms with Crippen LogP contribution in [0.25, 0.3) is 0 Å². The number of aliphatic hydroxyl groups is 1. The second kappa shape index (κ2) is 6.07. The molecule has 3 nitrogen and oxygen atoms in total. The summed E-state index contributed by atoms with van der Waals surface area (Å²) in [7, 11) is 0. The van der Waals surface area contributed by atoms with Crippen molar-refractivity contribution in [3.63, 3.8) is 0 Å². The van der Waals surface area contributed by atoms with Crippen LogP contribution in [0.1, 0.15) is 11.5 Å². The van der Waals surface area contributed by atoms with Crippen molar-refractivity contribution in [2.75, 3.05) is 25.4 Å².